The molecule has 3 atom stereocenters. The highest BCUT2D eigenvalue weighted by Crippen LogP contribution is 2.21. The molecule has 1 amide bonds. The number of aryl methyl sites for hydroxylation is 1. The van der Waals surface area contributed by atoms with Crippen LogP contribution in [0.4, 0.5) is 0 Å². The summed E-state index contributed by atoms with van der Waals surface area (Å²) < 4.78 is 7.61. The van der Waals surface area contributed by atoms with Gasteiger partial charge in [-0.15, -0.1) is 12.4 Å². The van der Waals surface area contributed by atoms with Gasteiger partial charge in [0.15, 0.2) is 0 Å². The topological polar surface area (TPSA) is 55.3 Å². The maximum Gasteiger partial charge on any atom is 0.268 e. The maximum atomic E-state index is 12.1. The molecule has 2 N–H and O–H groups in total. The lowest BCUT2D eigenvalue weighted by atomic mass is 10.0. The molecule has 2 saturated heterocycles. The largest absolute Gasteiger partial charge is 0.374 e. The van der Waals surface area contributed by atoms with Gasteiger partial charge in [-0.1, -0.05) is 0 Å². The molecule has 0 aliphatic carbocycles. The van der Waals surface area contributed by atoms with Gasteiger partial charge in [-0.05, 0) is 25.0 Å². The van der Waals surface area contributed by atoms with Crippen molar-refractivity contribution in [2.24, 2.45) is 7.05 Å². The van der Waals surface area contributed by atoms with Crippen LogP contribution < -0.4 is 10.6 Å². The Labute approximate surface area is 119 Å². The second-order valence-electron chi connectivity index (χ2n) is 5.08. The fourth-order valence-electron chi connectivity index (χ4n) is 2.88. The van der Waals surface area contributed by atoms with Gasteiger partial charge in [-0.3, -0.25) is 4.79 Å². The predicted molar refractivity (Wildman–Crippen MR) is 74.7 cm³/mol. The first-order valence-corrected chi connectivity index (χ1v) is 6.53. The minimum absolute atomic E-state index is 0. The third kappa shape index (κ3) is 2.78. The summed E-state index contributed by atoms with van der Waals surface area (Å²) in [5, 5.41) is 6.50. The molecule has 0 radical (unpaired) electrons. The van der Waals surface area contributed by atoms with E-state index < -0.39 is 0 Å². The molecule has 2 aliphatic heterocycles. The second-order valence-corrected chi connectivity index (χ2v) is 5.08. The van der Waals surface area contributed by atoms with E-state index in [1.54, 1.807) is 0 Å². The van der Waals surface area contributed by atoms with E-state index in [9.17, 15) is 4.79 Å². The molecule has 5 nitrogen and oxygen atoms in total. The van der Waals surface area contributed by atoms with Crippen molar-refractivity contribution in [3.05, 3.63) is 24.0 Å². The average Bonchev–Trinajstić information content (AvgIpc) is 2.97. The monoisotopic (exact) mass is 285 g/mol. The molecule has 0 saturated carbocycles. The fourth-order valence-corrected chi connectivity index (χ4v) is 2.88. The number of ether oxygens (including phenoxy) is 1. The highest BCUT2D eigenvalue weighted by molar-refractivity contribution is 5.93. The Morgan fingerprint density at radius 2 is 2.42 bits per heavy atom. The number of amides is 1. The third-order valence-electron chi connectivity index (χ3n) is 3.86. The Morgan fingerprint density at radius 3 is 3.16 bits per heavy atom. The quantitative estimate of drug-likeness (QED) is 0.841. The molecule has 0 bridgehead atoms. The van der Waals surface area contributed by atoms with E-state index in [-0.39, 0.29) is 30.5 Å². The third-order valence-corrected chi connectivity index (χ3v) is 3.86. The van der Waals surface area contributed by atoms with Gasteiger partial charge in [0.05, 0.1) is 12.1 Å². The van der Waals surface area contributed by atoms with Gasteiger partial charge in [-0.2, -0.15) is 0 Å². The van der Waals surface area contributed by atoms with Gasteiger partial charge < -0.3 is 19.9 Å². The normalized spacial score (nSPS) is 29.4. The summed E-state index contributed by atoms with van der Waals surface area (Å²) in [5.74, 6) is -0.0240. The summed E-state index contributed by atoms with van der Waals surface area (Å²) in [6.45, 7) is 1.60. The van der Waals surface area contributed by atoms with Gasteiger partial charge in [0.25, 0.3) is 5.91 Å². The van der Waals surface area contributed by atoms with E-state index in [0.29, 0.717) is 11.7 Å². The number of halogens is 1. The van der Waals surface area contributed by atoms with Crippen LogP contribution in [0.25, 0.3) is 0 Å². The van der Waals surface area contributed by atoms with Crippen molar-refractivity contribution in [2.75, 3.05) is 13.2 Å². The molecule has 0 spiro atoms. The van der Waals surface area contributed by atoms with Crippen molar-refractivity contribution in [3.63, 3.8) is 0 Å². The Balaban J connectivity index is 0.00000133. The number of nitrogens with one attached hydrogen (secondary N) is 2. The average molecular weight is 286 g/mol. The second kappa shape index (κ2) is 5.94. The van der Waals surface area contributed by atoms with Crippen molar-refractivity contribution in [2.45, 2.75) is 31.0 Å². The molecule has 6 heteroatoms. The standard InChI is InChI=1S/C13H19N3O2.ClH/c1-16-6-2-5-11(16)13(17)15-10-8-14-9-4-3-7-18-12(9)10;/h2,5-6,9-10,12,14H,3-4,7-8H2,1H3,(H,15,17);1H/t9-,10+,12+;/m1./s1. The summed E-state index contributed by atoms with van der Waals surface area (Å²) in [6, 6.07) is 4.19. The lowest BCUT2D eigenvalue weighted by Gasteiger charge is -2.29. The molecule has 3 rings (SSSR count). The molecular weight excluding hydrogens is 266 g/mol. The first-order valence-electron chi connectivity index (χ1n) is 6.53. The van der Waals surface area contributed by atoms with Crippen LogP contribution in [0.2, 0.25) is 0 Å². The molecule has 3 heterocycles. The number of aromatic nitrogens is 1. The zero-order valence-electron chi connectivity index (χ0n) is 11.0. The number of carbonyl (C=O) groups excluding carboxylic acids is 1. The van der Waals surface area contributed by atoms with Crippen molar-refractivity contribution in [3.8, 4) is 0 Å². The summed E-state index contributed by atoms with van der Waals surface area (Å²) in [5.41, 5.74) is 0.689. The Morgan fingerprint density at radius 1 is 1.58 bits per heavy atom. The summed E-state index contributed by atoms with van der Waals surface area (Å²) in [6.07, 6.45) is 4.25. The lowest BCUT2D eigenvalue weighted by molar-refractivity contribution is -0.00220. The molecule has 19 heavy (non-hydrogen) atoms. The Bertz CT molecular complexity index is 449. The summed E-state index contributed by atoms with van der Waals surface area (Å²) in [7, 11) is 1.88. The summed E-state index contributed by atoms with van der Waals surface area (Å²) >= 11 is 0. The first kappa shape index (κ1) is 14.4. The van der Waals surface area contributed by atoms with E-state index in [1.165, 1.54) is 0 Å². The van der Waals surface area contributed by atoms with E-state index in [4.69, 9.17) is 4.74 Å². The highest BCUT2D eigenvalue weighted by Gasteiger charge is 2.39. The van der Waals surface area contributed by atoms with Crippen LogP contribution in [-0.2, 0) is 11.8 Å². The molecular formula is C13H20ClN3O2. The predicted octanol–water partition coefficient (Wildman–Crippen LogP) is 0.696. The van der Waals surface area contributed by atoms with Crippen LogP contribution in [0.5, 0.6) is 0 Å². The van der Waals surface area contributed by atoms with Crippen LogP contribution in [0.15, 0.2) is 18.3 Å². The van der Waals surface area contributed by atoms with Gasteiger partial charge in [0.2, 0.25) is 0 Å². The van der Waals surface area contributed by atoms with Crippen LogP contribution in [0.1, 0.15) is 23.3 Å². The molecule has 1 aromatic heterocycles. The van der Waals surface area contributed by atoms with E-state index in [0.717, 1.165) is 26.0 Å². The van der Waals surface area contributed by atoms with E-state index in [1.807, 2.05) is 29.9 Å². The number of rotatable bonds is 2. The van der Waals surface area contributed by atoms with Crippen molar-refractivity contribution < 1.29 is 9.53 Å². The Hall–Kier alpha value is -1.04. The van der Waals surface area contributed by atoms with E-state index in [2.05, 4.69) is 10.6 Å². The van der Waals surface area contributed by atoms with Crippen molar-refractivity contribution in [1.29, 1.82) is 0 Å². The van der Waals surface area contributed by atoms with Crippen molar-refractivity contribution >= 4 is 18.3 Å². The van der Waals surface area contributed by atoms with Gasteiger partial charge >= 0.3 is 0 Å². The number of carbonyl (C=O) groups is 1. The van der Waals surface area contributed by atoms with E-state index >= 15 is 0 Å². The van der Waals surface area contributed by atoms with Crippen LogP contribution in [-0.4, -0.2) is 41.8 Å². The number of hydrogen-bond acceptors (Lipinski definition) is 3. The van der Waals surface area contributed by atoms with Gasteiger partial charge in [0, 0.05) is 32.4 Å². The number of fused-ring (bicyclic) bond motifs is 1. The van der Waals surface area contributed by atoms with Crippen LogP contribution >= 0.6 is 12.4 Å². The van der Waals surface area contributed by atoms with Gasteiger partial charge in [0.1, 0.15) is 5.69 Å². The molecule has 106 valence electrons. The number of hydrogen-bond donors (Lipinski definition) is 2. The minimum atomic E-state index is -0.0240. The number of nitrogens with zero attached hydrogens (tertiary/aromatic N) is 1. The molecule has 1 aromatic rings. The molecule has 2 fully saturated rings. The van der Waals surface area contributed by atoms with Crippen LogP contribution in [0, 0.1) is 0 Å². The fraction of sp³-hybridized carbons (Fsp3) is 0.615. The maximum absolute atomic E-state index is 12.1. The SMILES string of the molecule is Cl.Cn1cccc1C(=O)N[C@H]1CN[C@@H]2CCCO[C@H]12. The molecule has 0 aromatic carbocycles. The highest BCUT2D eigenvalue weighted by atomic mass is 35.5. The summed E-state index contributed by atoms with van der Waals surface area (Å²) in [4.78, 5) is 12.1. The molecule has 0 unspecified atom stereocenters. The Kier molecular flexibility index (Phi) is 4.50. The smallest absolute Gasteiger partial charge is 0.268 e. The first-order chi connectivity index (χ1) is 8.75. The van der Waals surface area contributed by atoms with Crippen LogP contribution in [0.3, 0.4) is 0 Å². The van der Waals surface area contributed by atoms with Crippen molar-refractivity contribution in [1.82, 2.24) is 15.2 Å². The van der Waals surface area contributed by atoms with Gasteiger partial charge in [-0.25, -0.2) is 0 Å². The zero-order valence-corrected chi connectivity index (χ0v) is 11.8. The lowest BCUT2D eigenvalue weighted by Crippen LogP contribution is -2.47. The minimum Gasteiger partial charge on any atom is -0.374 e. The molecule has 2 aliphatic rings. The zero-order chi connectivity index (χ0) is 12.5.